The number of piperidine rings is 1. The maximum Gasteiger partial charge on any atom is 0.255 e. The summed E-state index contributed by atoms with van der Waals surface area (Å²) in [5.74, 6) is 1.09. The van der Waals surface area contributed by atoms with Crippen molar-refractivity contribution >= 4 is 5.91 Å². The second-order valence-electron chi connectivity index (χ2n) is 8.21. The highest BCUT2D eigenvalue weighted by Gasteiger charge is 2.42. The first-order chi connectivity index (χ1) is 11.7. The molecular formula is C20H29N3O. The lowest BCUT2D eigenvalue weighted by Gasteiger charge is -2.40. The van der Waals surface area contributed by atoms with Crippen LogP contribution < -0.4 is 0 Å². The summed E-state index contributed by atoms with van der Waals surface area (Å²) in [7, 11) is 0. The fourth-order valence-corrected chi connectivity index (χ4v) is 5.13. The molecule has 2 aliphatic heterocycles. The van der Waals surface area contributed by atoms with Gasteiger partial charge in [0.1, 0.15) is 0 Å². The summed E-state index contributed by atoms with van der Waals surface area (Å²) in [6.07, 6.45) is 12.8. The van der Waals surface area contributed by atoms with Gasteiger partial charge in [0.05, 0.1) is 5.56 Å². The number of amides is 1. The average Bonchev–Trinajstić information content (AvgIpc) is 3.26. The van der Waals surface area contributed by atoms with Crippen molar-refractivity contribution in [1.82, 2.24) is 14.8 Å². The molecule has 0 aromatic carbocycles. The van der Waals surface area contributed by atoms with Crippen molar-refractivity contribution in [2.24, 2.45) is 11.3 Å². The molecule has 3 heterocycles. The largest absolute Gasteiger partial charge is 0.338 e. The third kappa shape index (κ3) is 3.34. The van der Waals surface area contributed by atoms with Gasteiger partial charge in [0.25, 0.3) is 5.91 Å². The van der Waals surface area contributed by atoms with Gasteiger partial charge in [-0.25, -0.2) is 0 Å². The van der Waals surface area contributed by atoms with Crippen LogP contribution >= 0.6 is 0 Å². The van der Waals surface area contributed by atoms with Gasteiger partial charge in [0.15, 0.2) is 0 Å². The number of likely N-dealkylation sites (tertiary alicyclic amines) is 2. The minimum atomic E-state index is 0.163. The second-order valence-corrected chi connectivity index (χ2v) is 8.21. The summed E-state index contributed by atoms with van der Waals surface area (Å²) < 4.78 is 0. The number of hydrogen-bond acceptors (Lipinski definition) is 3. The third-order valence-corrected chi connectivity index (χ3v) is 6.37. The van der Waals surface area contributed by atoms with Crippen molar-refractivity contribution in [3.63, 3.8) is 0 Å². The van der Waals surface area contributed by atoms with Gasteiger partial charge in [0.2, 0.25) is 0 Å². The molecule has 2 saturated heterocycles. The zero-order valence-corrected chi connectivity index (χ0v) is 14.6. The first-order valence-electron chi connectivity index (χ1n) is 9.66. The first kappa shape index (κ1) is 16.1. The molecule has 0 bridgehead atoms. The molecule has 0 N–H and O–H groups in total. The zero-order chi connectivity index (χ0) is 16.4. The van der Waals surface area contributed by atoms with Gasteiger partial charge < -0.3 is 9.80 Å². The lowest BCUT2D eigenvalue weighted by molar-refractivity contribution is 0.0524. The van der Waals surface area contributed by atoms with Crippen LogP contribution in [0.3, 0.4) is 0 Å². The minimum Gasteiger partial charge on any atom is -0.338 e. The molecule has 1 aliphatic carbocycles. The van der Waals surface area contributed by atoms with Gasteiger partial charge in [-0.2, -0.15) is 0 Å². The molecule has 24 heavy (non-hydrogen) atoms. The molecule has 3 fully saturated rings. The van der Waals surface area contributed by atoms with E-state index < -0.39 is 0 Å². The average molecular weight is 327 g/mol. The van der Waals surface area contributed by atoms with Crippen molar-refractivity contribution in [3.8, 4) is 0 Å². The fraction of sp³-hybridized carbons (Fsp3) is 0.700. The molecule has 3 aliphatic rings. The molecule has 4 heteroatoms. The minimum absolute atomic E-state index is 0.163. The van der Waals surface area contributed by atoms with Crippen LogP contribution in [0.1, 0.15) is 55.3 Å². The van der Waals surface area contributed by atoms with E-state index in [0.717, 1.165) is 31.0 Å². The van der Waals surface area contributed by atoms with Gasteiger partial charge in [-0.05, 0) is 56.7 Å². The van der Waals surface area contributed by atoms with E-state index in [1.807, 2.05) is 12.1 Å². The molecule has 4 rings (SSSR count). The molecular weight excluding hydrogens is 298 g/mol. The van der Waals surface area contributed by atoms with E-state index in [2.05, 4.69) is 14.8 Å². The highest BCUT2D eigenvalue weighted by atomic mass is 16.2. The Morgan fingerprint density at radius 2 is 2.04 bits per heavy atom. The Bertz CT molecular complexity index is 570. The van der Waals surface area contributed by atoms with Gasteiger partial charge >= 0.3 is 0 Å². The highest BCUT2D eigenvalue weighted by molar-refractivity contribution is 5.94. The molecule has 1 aromatic rings. The molecule has 1 atom stereocenters. The van der Waals surface area contributed by atoms with Crippen LogP contribution in [0.4, 0.5) is 0 Å². The summed E-state index contributed by atoms with van der Waals surface area (Å²) in [6.45, 7) is 5.55. The van der Waals surface area contributed by atoms with Crippen LogP contribution in [-0.2, 0) is 0 Å². The monoisotopic (exact) mass is 327 g/mol. The van der Waals surface area contributed by atoms with E-state index in [-0.39, 0.29) is 5.91 Å². The van der Waals surface area contributed by atoms with Crippen molar-refractivity contribution in [2.75, 3.05) is 32.7 Å². The van der Waals surface area contributed by atoms with Gasteiger partial charge in [-0.3, -0.25) is 9.78 Å². The van der Waals surface area contributed by atoms with E-state index >= 15 is 0 Å². The molecule has 1 spiro atoms. The summed E-state index contributed by atoms with van der Waals surface area (Å²) in [5, 5.41) is 0. The molecule has 0 unspecified atom stereocenters. The number of hydrogen-bond donors (Lipinski definition) is 0. The molecule has 130 valence electrons. The quantitative estimate of drug-likeness (QED) is 0.855. The number of pyridine rings is 1. The van der Waals surface area contributed by atoms with E-state index in [9.17, 15) is 4.79 Å². The molecule has 1 amide bonds. The van der Waals surface area contributed by atoms with E-state index in [4.69, 9.17) is 0 Å². The van der Waals surface area contributed by atoms with Crippen LogP contribution in [0, 0.1) is 11.3 Å². The van der Waals surface area contributed by atoms with Crippen LogP contribution in [0.25, 0.3) is 0 Å². The highest BCUT2D eigenvalue weighted by Crippen LogP contribution is 2.40. The van der Waals surface area contributed by atoms with Crippen LogP contribution in [0.15, 0.2) is 24.5 Å². The lowest BCUT2D eigenvalue weighted by atomic mass is 9.79. The van der Waals surface area contributed by atoms with Crippen LogP contribution in [0.2, 0.25) is 0 Å². The van der Waals surface area contributed by atoms with Crippen LogP contribution in [-0.4, -0.2) is 53.4 Å². The maximum absolute atomic E-state index is 12.8. The number of carbonyl (C=O) groups is 1. The summed E-state index contributed by atoms with van der Waals surface area (Å²) in [4.78, 5) is 21.6. The van der Waals surface area contributed by atoms with Gasteiger partial charge in [-0.15, -0.1) is 0 Å². The SMILES string of the molecule is O=C(c1cccnc1)N1CCC[C@@]2(CCN(CC3CCCC3)C2)C1. The number of nitrogens with zero attached hydrogens (tertiary/aromatic N) is 3. The Morgan fingerprint density at radius 3 is 2.83 bits per heavy atom. The van der Waals surface area contributed by atoms with Crippen molar-refractivity contribution < 1.29 is 4.79 Å². The Labute approximate surface area is 145 Å². The number of aromatic nitrogens is 1. The second kappa shape index (κ2) is 6.83. The Morgan fingerprint density at radius 1 is 1.17 bits per heavy atom. The van der Waals surface area contributed by atoms with Gasteiger partial charge in [0, 0.05) is 44.0 Å². The van der Waals surface area contributed by atoms with Crippen molar-refractivity contribution in [3.05, 3.63) is 30.1 Å². The topological polar surface area (TPSA) is 36.4 Å². The normalized spacial score (nSPS) is 28.8. The first-order valence-corrected chi connectivity index (χ1v) is 9.66. The predicted molar refractivity (Wildman–Crippen MR) is 94.8 cm³/mol. The Balaban J connectivity index is 1.38. The Kier molecular flexibility index (Phi) is 4.57. The molecule has 4 nitrogen and oxygen atoms in total. The smallest absolute Gasteiger partial charge is 0.255 e. The summed E-state index contributed by atoms with van der Waals surface area (Å²) >= 11 is 0. The van der Waals surface area contributed by atoms with Crippen LogP contribution in [0.5, 0.6) is 0 Å². The predicted octanol–water partition coefficient (Wildman–Crippen LogP) is 3.20. The maximum atomic E-state index is 12.8. The molecule has 0 radical (unpaired) electrons. The van der Waals surface area contributed by atoms with Crippen molar-refractivity contribution in [1.29, 1.82) is 0 Å². The van der Waals surface area contributed by atoms with Gasteiger partial charge in [-0.1, -0.05) is 12.8 Å². The van der Waals surface area contributed by atoms with Crippen molar-refractivity contribution in [2.45, 2.75) is 44.9 Å². The standard InChI is InChI=1S/C20H29N3O/c24-19(18-7-3-10-21-13-18)23-11-4-8-20(16-23)9-12-22(15-20)14-17-5-1-2-6-17/h3,7,10,13,17H,1-2,4-6,8-9,11-12,14-16H2/t20-/m0/s1. The summed E-state index contributed by atoms with van der Waals surface area (Å²) in [6, 6.07) is 3.74. The fourth-order valence-electron chi connectivity index (χ4n) is 5.13. The Hall–Kier alpha value is -1.42. The van der Waals surface area contributed by atoms with E-state index in [1.165, 1.54) is 58.2 Å². The third-order valence-electron chi connectivity index (χ3n) is 6.37. The van der Waals surface area contributed by atoms with E-state index in [0.29, 0.717) is 5.41 Å². The van der Waals surface area contributed by atoms with E-state index in [1.54, 1.807) is 12.4 Å². The zero-order valence-electron chi connectivity index (χ0n) is 14.6. The summed E-state index contributed by atoms with van der Waals surface area (Å²) in [5.41, 5.74) is 1.07. The number of carbonyl (C=O) groups excluding carboxylic acids is 1. The molecule has 1 saturated carbocycles. The lowest BCUT2D eigenvalue weighted by Crippen LogP contribution is -2.47. The number of rotatable bonds is 3. The molecule has 1 aromatic heterocycles.